The van der Waals surface area contributed by atoms with Crippen molar-refractivity contribution in [1.29, 1.82) is 0 Å². The SMILES string of the molecule is Cc1cc(F)ccc1-c1noc(CC(=O)C(F)(F)F)n1. The van der Waals surface area contributed by atoms with Crippen LogP contribution < -0.4 is 0 Å². The highest BCUT2D eigenvalue weighted by molar-refractivity contribution is 5.85. The number of ketones is 1. The van der Waals surface area contributed by atoms with Gasteiger partial charge in [-0.3, -0.25) is 4.79 Å². The highest BCUT2D eigenvalue weighted by Gasteiger charge is 2.39. The smallest absolute Gasteiger partial charge is 0.338 e. The molecule has 0 atom stereocenters. The highest BCUT2D eigenvalue weighted by Crippen LogP contribution is 2.23. The van der Waals surface area contributed by atoms with E-state index in [1.807, 2.05) is 0 Å². The van der Waals surface area contributed by atoms with Crippen LogP contribution in [-0.4, -0.2) is 22.1 Å². The molecule has 1 heterocycles. The molecule has 0 N–H and O–H groups in total. The van der Waals surface area contributed by atoms with Crippen LogP contribution in [0.15, 0.2) is 22.7 Å². The van der Waals surface area contributed by atoms with Crippen molar-refractivity contribution in [2.24, 2.45) is 0 Å². The Morgan fingerprint density at radius 3 is 2.65 bits per heavy atom. The third kappa shape index (κ3) is 3.01. The number of hydrogen-bond donors (Lipinski definition) is 0. The van der Waals surface area contributed by atoms with Gasteiger partial charge >= 0.3 is 6.18 Å². The van der Waals surface area contributed by atoms with Crippen molar-refractivity contribution in [2.45, 2.75) is 19.5 Å². The standard InChI is InChI=1S/C12H8F4N2O2/c1-6-4-7(13)2-3-8(6)11-17-10(20-18-11)5-9(19)12(14,15)16/h2-4H,5H2,1H3. The number of nitrogens with zero attached hydrogens (tertiary/aromatic N) is 2. The predicted octanol–water partition coefficient (Wildman–Crippen LogP) is 2.86. The first-order valence-electron chi connectivity index (χ1n) is 5.46. The lowest BCUT2D eigenvalue weighted by Gasteiger charge is -2.01. The fraction of sp³-hybridized carbons (Fsp3) is 0.250. The maximum absolute atomic E-state index is 12.9. The lowest BCUT2D eigenvalue weighted by molar-refractivity contribution is -0.170. The van der Waals surface area contributed by atoms with Gasteiger partial charge in [-0.2, -0.15) is 18.2 Å². The van der Waals surface area contributed by atoms with E-state index in [4.69, 9.17) is 0 Å². The topological polar surface area (TPSA) is 56.0 Å². The summed E-state index contributed by atoms with van der Waals surface area (Å²) in [6, 6.07) is 3.77. The number of carbonyl (C=O) groups is 1. The van der Waals surface area contributed by atoms with Crippen LogP contribution in [0.3, 0.4) is 0 Å². The van der Waals surface area contributed by atoms with Gasteiger partial charge in [0.25, 0.3) is 0 Å². The van der Waals surface area contributed by atoms with Gasteiger partial charge in [-0.1, -0.05) is 5.16 Å². The average Bonchev–Trinajstić information content (AvgIpc) is 2.76. The molecule has 0 radical (unpaired) electrons. The van der Waals surface area contributed by atoms with Gasteiger partial charge in [0, 0.05) is 5.56 Å². The summed E-state index contributed by atoms with van der Waals surface area (Å²) in [6.45, 7) is 1.59. The first kappa shape index (κ1) is 14.2. The van der Waals surface area contributed by atoms with Gasteiger partial charge in [-0.05, 0) is 30.7 Å². The maximum atomic E-state index is 12.9. The molecule has 1 aromatic carbocycles. The lowest BCUT2D eigenvalue weighted by atomic mass is 10.1. The summed E-state index contributed by atoms with van der Waals surface area (Å²) in [7, 11) is 0. The summed E-state index contributed by atoms with van der Waals surface area (Å²) in [4.78, 5) is 14.5. The van der Waals surface area contributed by atoms with Crippen molar-refractivity contribution in [1.82, 2.24) is 10.1 Å². The second-order valence-electron chi connectivity index (χ2n) is 4.07. The first-order chi connectivity index (χ1) is 9.27. The fourth-order valence-electron chi connectivity index (χ4n) is 1.55. The molecule has 0 saturated carbocycles. The molecular formula is C12H8F4N2O2. The number of halogens is 4. The summed E-state index contributed by atoms with van der Waals surface area (Å²) < 4.78 is 53.8. The van der Waals surface area contributed by atoms with Gasteiger partial charge in [-0.25, -0.2) is 4.39 Å². The van der Waals surface area contributed by atoms with Crippen LogP contribution in [0.1, 0.15) is 11.5 Å². The molecule has 0 aliphatic rings. The van der Waals surface area contributed by atoms with Crippen molar-refractivity contribution >= 4 is 5.78 Å². The second-order valence-corrected chi connectivity index (χ2v) is 4.07. The number of aromatic nitrogens is 2. The van der Waals surface area contributed by atoms with Crippen molar-refractivity contribution in [3.63, 3.8) is 0 Å². The van der Waals surface area contributed by atoms with Crippen LogP contribution >= 0.6 is 0 Å². The molecule has 0 aliphatic heterocycles. The van der Waals surface area contributed by atoms with Gasteiger partial charge in [0.1, 0.15) is 5.82 Å². The molecule has 0 fully saturated rings. The van der Waals surface area contributed by atoms with Crippen LogP contribution in [-0.2, 0) is 11.2 Å². The number of Topliss-reactive ketones (excluding diaryl/α,β-unsaturated/α-hetero) is 1. The monoisotopic (exact) mass is 288 g/mol. The van der Waals surface area contributed by atoms with Crippen LogP contribution in [0.2, 0.25) is 0 Å². The molecule has 106 valence electrons. The number of rotatable bonds is 3. The fourth-order valence-corrected chi connectivity index (χ4v) is 1.55. The normalized spacial score (nSPS) is 11.7. The second kappa shape index (κ2) is 5.03. The summed E-state index contributed by atoms with van der Waals surface area (Å²) in [5, 5.41) is 3.48. The molecule has 2 aromatic rings. The minimum Gasteiger partial charge on any atom is -0.338 e. The Balaban J connectivity index is 2.23. The van der Waals surface area contributed by atoms with E-state index in [1.54, 1.807) is 6.92 Å². The van der Waals surface area contributed by atoms with Gasteiger partial charge in [0.15, 0.2) is 0 Å². The minimum absolute atomic E-state index is 0.00692. The summed E-state index contributed by atoms with van der Waals surface area (Å²) in [5.41, 5.74) is 0.917. The Morgan fingerprint density at radius 2 is 2.05 bits per heavy atom. The largest absolute Gasteiger partial charge is 0.450 e. The van der Waals surface area contributed by atoms with Crippen LogP contribution in [0.4, 0.5) is 17.6 Å². The van der Waals surface area contributed by atoms with Gasteiger partial charge < -0.3 is 4.52 Å². The summed E-state index contributed by atoms with van der Waals surface area (Å²) >= 11 is 0. The molecule has 1 aromatic heterocycles. The Hall–Kier alpha value is -2.25. The van der Waals surface area contributed by atoms with E-state index in [9.17, 15) is 22.4 Å². The van der Waals surface area contributed by atoms with Crippen LogP contribution in [0.25, 0.3) is 11.4 Å². The van der Waals surface area contributed by atoms with Crippen molar-refractivity contribution < 1.29 is 26.9 Å². The third-order valence-electron chi connectivity index (χ3n) is 2.53. The highest BCUT2D eigenvalue weighted by atomic mass is 19.4. The van der Waals surface area contributed by atoms with E-state index in [1.165, 1.54) is 18.2 Å². The van der Waals surface area contributed by atoms with Crippen LogP contribution in [0, 0.1) is 12.7 Å². The maximum Gasteiger partial charge on any atom is 0.450 e. The first-order valence-corrected chi connectivity index (χ1v) is 5.46. The number of carbonyl (C=O) groups excluding carboxylic acids is 1. The third-order valence-corrected chi connectivity index (χ3v) is 2.53. The number of benzene rings is 1. The zero-order chi connectivity index (χ0) is 14.9. The molecule has 0 amide bonds. The Bertz CT molecular complexity index is 649. The molecule has 0 unspecified atom stereocenters. The molecule has 0 saturated heterocycles. The quantitative estimate of drug-likeness (QED) is 0.815. The zero-order valence-corrected chi connectivity index (χ0v) is 10.2. The number of hydrogen-bond acceptors (Lipinski definition) is 4. The molecule has 0 bridgehead atoms. The van der Waals surface area contributed by atoms with E-state index in [0.29, 0.717) is 11.1 Å². The van der Waals surface area contributed by atoms with Crippen molar-refractivity contribution in [2.75, 3.05) is 0 Å². The van der Waals surface area contributed by atoms with Gasteiger partial charge in [0.05, 0.1) is 6.42 Å². The van der Waals surface area contributed by atoms with E-state index in [-0.39, 0.29) is 5.82 Å². The average molecular weight is 288 g/mol. The molecule has 4 nitrogen and oxygen atoms in total. The van der Waals surface area contributed by atoms with E-state index < -0.39 is 30.1 Å². The Kier molecular flexibility index (Phi) is 3.56. The van der Waals surface area contributed by atoms with Crippen LogP contribution in [0.5, 0.6) is 0 Å². The summed E-state index contributed by atoms with van der Waals surface area (Å²) in [6.07, 6.45) is -5.96. The molecule has 0 spiro atoms. The Labute approximate surface area is 110 Å². The summed E-state index contributed by atoms with van der Waals surface area (Å²) in [5.74, 6) is -2.86. The minimum atomic E-state index is -4.94. The molecule has 0 aliphatic carbocycles. The zero-order valence-electron chi connectivity index (χ0n) is 10.2. The molecular weight excluding hydrogens is 280 g/mol. The van der Waals surface area contributed by atoms with E-state index in [0.717, 1.165) is 0 Å². The van der Waals surface area contributed by atoms with E-state index >= 15 is 0 Å². The Morgan fingerprint density at radius 1 is 1.35 bits per heavy atom. The number of alkyl halides is 3. The molecule has 20 heavy (non-hydrogen) atoms. The van der Waals surface area contributed by atoms with Gasteiger partial charge in [0.2, 0.25) is 17.5 Å². The van der Waals surface area contributed by atoms with Crippen molar-refractivity contribution in [3.05, 3.63) is 35.5 Å². The lowest BCUT2D eigenvalue weighted by Crippen LogP contribution is -2.24. The van der Waals surface area contributed by atoms with E-state index in [2.05, 4.69) is 14.7 Å². The molecule has 2 rings (SSSR count). The molecule has 8 heteroatoms. The van der Waals surface area contributed by atoms with Gasteiger partial charge in [-0.15, -0.1) is 0 Å². The predicted molar refractivity (Wildman–Crippen MR) is 59.2 cm³/mol. The van der Waals surface area contributed by atoms with Crippen molar-refractivity contribution in [3.8, 4) is 11.4 Å². The number of aryl methyl sites for hydroxylation is 1.